The van der Waals surface area contributed by atoms with Crippen molar-refractivity contribution in [3.05, 3.63) is 41.1 Å². The van der Waals surface area contributed by atoms with Gasteiger partial charge in [0.2, 0.25) is 0 Å². The number of rotatable bonds is 3. The van der Waals surface area contributed by atoms with E-state index in [4.69, 9.17) is 15.2 Å². The molecule has 1 atom stereocenters. The summed E-state index contributed by atoms with van der Waals surface area (Å²) in [5, 5.41) is 0. The number of nitrogen functional groups attached to an aromatic ring is 1. The van der Waals surface area contributed by atoms with Crippen molar-refractivity contribution in [2.45, 2.75) is 31.8 Å². The van der Waals surface area contributed by atoms with E-state index in [0.717, 1.165) is 30.7 Å². The molecule has 1 aromatic carbocycles. The van der Waals surface area contributed by atoms with E-state index in [9.17, 15) is 4.79 Å². The van der Waals surface area contributed by atoms with Crippen LogP contribution in [0.4, 0.5) is 11.5 Å². The Morgan fingerprint density at radius 3 is 2.69 bits per heavy atom. The highest BCUT2D eigenvalue weighted by atomic mass is 16.5. The molecule has 136 valence electrons. The maximum Gasteiger partial charge on any atom is 0.318 e. The average molecular weight is 354 g/mol. The number of benzene rings is 1. The fourth-order valence-electron chi connectivity index (χ4n) is 3.71. The number of amides is 1. The Kier molecular flexibility index (Phi) is 4.03. The second-order valence-corrected chi connectivity index (χ2v) is 6.85. The Labute approximate surface area is 152 Å². The van der Waals surface area contributed by atoms with Crippen LogP contribution in [-0.2, 0) is 16.8 Å². The lowest BCUT2D eigenvalue weighted by Gasteiger charge is -2.29. The van der Waals surface area contributed by atoms with Gasteiger partial charge in [0.1, 0.15) is 11.4 Å². The van der Waals surface area contributed by atoms with E-state index in [2.05, 4.69) is 16.9 Å². The number of aromatic nitrogens is 2. The van der Waals surface area contributed by atoms with Gasteiger partial charge in [-0.25, -0.2) is 0 Å². The topological polar surface area (TPSA) is 90.6 Å². The number of nitrogens with two attached hydrogens (primary N) is 1. The van der Waals surface area contributed by atoms with Crippen LogP contribution in [0.5, 0.6) is 6.01 Å². The van der Waals surface area contributed by atoms with Crippen LogP contribution in [0.1, 0.15) is 41.4 Å². The molecule has 7 nitrogen and oxygen atoms in total. The molecule has 1 aromatic heterocycles. The van der Waals surface area contributed by atoms with Crippen molar-refractivity contribution < 1.29 is 14.3 Å². The van der Waals surface area contributed by atoms with Crippen LogP contribution in [0, 0.1) is 0 Å². The number of hydrogen-bond acceptors (Lipinski definition) is 6. The summed E-state index contributed by atoms with van der Waals surface area (Å²) >= 11 is 0. The maximum absolute atomic E-state index is 12.9. The minimum atomic E-state index is -0.230. The van der Waals surface area contributed by atoms with Crippen molar-refractivity contribution in [3.63, 3.8) is 0 Å². The summed E-state index contributed by atoms with van der Waals surface area (Å²) in [5.41, 5.74) is 8.72. The molecular weight excluding hydrogens is 332 g/mol. The molecular formula is C19H22N4O3. The fraction of sp³-hybridized carbons (Fsp3) is 0.421. The Morgan fingerprint density at radius 1 is 1.27 bits per heavy atom. The molecule has 0 aliphatic carbocycles. The zero-order valence-electron chi connectivity index (χ0n) is 15.0. The van der Waals surface area contributed by atoms with Crippen LogP contribution in [-0.4, -0.2) is 36.1 Å². The van der Waals surface area contributed by atoms with Crippen molar-refractivity contribution in [3.8, 4) is 6.01 Å². The molecule has 0 saturated carbocycles. The number of fused-ring (bicyclic) bond motifs is 1. The van der Waals surface area contributed by atoms with Gasteiger partial charge in [-0.2, -0.15) is 9.97 Å². The molecule has 26 heavy (non-hydrogen) atoms. The zero-order chi connectivity index (χ0) is 18.3. The Hall–Kier alpha value is -2.67. The van der Waals surface area contributed by atoms with E-state index in [1.807, 2.05) is 24.3 Å². The summed E-state index contributed by atoms with van der Waals surface area (Å²) in [6.07, 6.45) is 2.69. The first-order valence-electron chi connectivity index (χ1n) is 8.78. The van der Waals surface area contributed by atoms with Gasteiger partial charge in [-0.15, -0.1) is 0 Å². The first-order valence-corrected chi connectivity index (χ1v) is 8.78. The molecule has 1 amide bonds. The van der Waals surface area contributed by atoms with Gasteiger partial charge in [0.15, 0.2) is 0 Å². The number of nitrogens with zero attached hydrogens (tertiary/aromatic N) is 3. The first kappa shape index (κ1) is 16.8. The second kappa shape index (κ2) is 6.25. The van der Waals surface area contributed by atoms with Gasteiger partial charge in [0.25, 0.3) is 5.91 Å². The largest absolute Gasteiger partial charge is 0.467 e. The predicted octanol–water partition coefficient (Wildman–Crippen LogP) is 2.30. The number of carbonyl (C=O) groups excluding carboxylic acids is 1. The molecule has 2 aliphatic rings. The maximum atomic E-state index is 12.9. The van der Waals surface area contributed by atoms with E-state index < -0.39 is 0 Å². The van der Waals surface area contributed by atoms with Crippen molar-refractivity contribution in [1.29, 1.82) is 0 Å². The molecule has 1 fully saturated rings. The van der Waals surface area contributed by atoms with Gasteiger partial charge >= 0.3 is 6.01 Å². The van der Waals surface area contributed by atoms with Crippen LogP contribution in [0.15, 0.2) is 24.3 Å². The van der Waals surface area contributed by atoms with Crippen LogP contribution >= 0.6 is 0 Å². The molecule has 2 N–H and O–H groups in total. The summed E-state index contributed by atoms with van der Waals surface area (Å²) in [7, 11) is 1.48. The lowest BCUT2D eigenvalue weighted by Crippen LogP contribution is -2.39. The van der Waals surface area contributed by atoms with E-state index >= 15 is 0 Å². The molecule has 2 aromatic rings. The summed E-state index contributed by atoms with van der Waals surface area (Å²) in [6, 6.07) is 8.20. The van der Waals surface area contributed by atoms with Gasteiger partial charge < -0.3 is 20.1 Å². The third kappa shape index (κ3) is 2.68. The SMILES string of the molecule is COc1nc(N)c2c(n1)CCN(c1ccc(C3(C)CCCO3)cc1)C2=O. The standard InChI is InChI=1S/C19H22N4O3/c1-19(9-3-11-26-19)12-4-6-13(7-5-12)23-10-8-14-15(17(23)24)16(20)22-18(21-14)25-2/h4-7H,3,8-11H2,1-2H3,(H2,20,21,22). The molecule has 3 heterocycles. The smallest absolute Gasteiger partial charge is 0.318 e. The summed E-state index contributed by atoms with van der Waals surface area (Å²) < 4.78 is 10.9. The normalized spacial score (nSPS) is 22.4. The van der Waals surface area contributed by atoms with Crippen molar-refractivity contribution >= 4 is 17.4 Å². The van der Waals surface area contributed by atoms with E-state index in [1.165, 1.54) is 7.11 Å². The third-order valence-corrected chi connectivity index (χ3v) is 5.21. The summed E-state index contributed by atoms with van der Waals surface area (Å²) in [6.45, 7) is 3.45. The molecule has 1 saturated heterocycles. The second-order valence-electron chi connectivity index (χ2n) is 6.85. The lowest BCUT2D eigenvalue weighted by atomic mass is 9.92. The highest BCUT2D eigenvalue weighted by Gasteiger charge is 2.33. The van der Waals surface area contributed by atoms with Crippen molar-refractivity contribution in [2.24, 2.45) is 0 Å². The van der Waals surface area contributed by atoms with Crippen LogP contribution in [0.2, 0.25) is 0 Å². The minimum absolute atomic E-state index is 0.157. The van der Waals surface area contributed by atoms with Crippen molar-refractivity contribution in [1.82, 2.24) is 9.97 Å². The van der Waals surface area contributed by atoms with Gasteiger partial charge in [-0.1, -0.05) is 12.1 Å². The molecule has 7 heteroatoms. The number of carbonyl (C=O) groups is 1. The highest BCUT2D eigenvalue weighted by molar-refractivity contribution is 6.10. The van der Waals surface area contributed by atoms with Crippen LogP contribution < -0.4 is 15.4 Å². The zero-order valence-corrected chi connectivity index (χ0v) is 15.0. The van der Waals surface area contributed by atoms with Gasteiger partial charge in [-0.05, 0) is 37.5 Å². The molecule has 1 unspecified atom stereocenters. The number of ether oxygens (including phenoxy) is 2. The van der Waals surface area contributed by atoms with Crippen LogP contribution in [0.3, 0.4) is 0 Å². The summed E-state index contributed by atoms with van der Waals surface area (Å²) in [5.74, 6) is -0.0208. The molecule has 0 bridgehead atoms. The fourth-order valence-corrected chi connectivity index (χ4v) is 3.71. The van der Waals surface area contributed by atoms with Gasteiger partial charge in [-0.3, -0.25) is 4.79 Å². The minimum Gasteiger partial charge on any atom is -0.467 e. The quantitative estimate of drug-likeness (QED) is 0.909. The molecule has 4 rings (SSSR count). The Morgan fingerprint density at radius 2 is 2.04 bits per heavy atom. The molecule has 2 aliphatic heterocycles. The first-order chi connectivity index (χ1) is 12.5. The van der Waals surface area contributed by atoms with Gasteiger partial charge in [0, 0.05) is 25.3 Å². The average Bonchev–Trinajstić information content (AvgIpc) is 3.09. The monoisotopic (exact) mass is 354 g/mol. The molecule has 0 radical (unpaired) electrons. The van der Waals surface area contributed by atoms with E-state index in [0.29, 0.717) is 24.2 Å². The predicted molar refractivity (Wildman–Crippen MR) is 97.4 cm³/mol. The number of anilines is 2. The van der Waals surface area contributed by atoms with Crippen molar-refractivity contribution in [2.75, 3.05) is 30.9 Å². The third-order valence-electron chi connectivity index (χ3n) is 5.21. The van der Waals surface area contributed by atoms with Gasteiger partial charge in [0.05, 0.1) is 18.4 Å². The lowest BCUT2D eigenvalue weighted by molar-refractivity contribution is 0.0168. The van der Waals surface area contributed by atoms with E-state index in [-0.39, 0.29) is 23.3 Å². The molecule has 0 spiro atoms. The van der Waals surface area contributed by atoms with Crippen LogP contribution in [0.25, 0.3) is 0 Å². The Bertz CT molecular complexity index is 845. The number of hydrogen-bond donors (Lipinski definition) is 1. The van der Waals surface area contributed by atoms with E-state index in [1.54, 1.807) is 4.90 Å². The summed E-state index contributed by atoms with van der Waals surface area (Å²) in [4.78, 5) is 23.0. The Balaban J connectivity index is 1.62. The number of methoxy groups -OCH3 is 1. The highest BCUT2D eigenvalue weighted by Crippen LogP contribution is 2.36.